The van der Waals surface area contributed by atoms with E-state index in [0.29, 0.717) is 0 Å². The molecule has 0 bridgehead atoms. The second kappa shape index (κ2) is 5.40. The first-order valence-corrected chi connectivity index (χ1v) is 5.18. The maximum atomic E-state index is 5.16. The molecule has 0 fully saturated rings. The average Bonchev–Trinajstić information content (AvgIpc) is 2.26. The van der Waals surface area contributed by atoms with E-state index in [-0.39, 0.29) is 0 Å². The lowest BCUT2D eigenvalue weighted by Gasteiger charge is -2.02. The summed E-state index contributed by atoms with van der Waals surface area (Å²) < 4.78 is 5.16. The molecule has 80 valence electrons. The minimum atomic E-state index is 0.926. The topological polar surface area (TPSA) is 9.23 Å². The van der Waals surface area contributed by atoms with Gasteiger partial charge in [-0.1, -0.05) is 37.8 Å². The molecule has 15 heavy (non-hydrogen) atoms. The summed E-state index contributed by atoms with van der Waals surface area (Å²) in [6.07, 6.45) is 3.05. The molecular weight excluding hydrogens is 184 g/mol. The fourth-order valence-electron chi connectivity index (χ4n) is 1.51. The highest BCUT2D eigenvalue weighted by Gasteiger charge is 1.94. The molecule has 0 heterocycles. The summed E-state index contributed by atoms with van der Waals surface area (Å²) in [6, 6.07) is 8.17. The van der Waals surface area contributed by atoms with Crippen molar-refractivity contribution in [3.63, 3.8) is 0 Å². The van der Waals surface area contributed by atoms with Crippen molar-refractivity contribution >= 4 is 12.2 Å². The third kappa shape index (κ3) is 2.98. The molecule has 0 saturated heterocycles. The van der Waals surface area contributed by atoms with Gasteiger partial charge in [0.25, 0.3) is 0 Å². The molecule has 0 aromatic heterocycles. The van der Waals surface area contributed by atoms with E-state index < -0.39 is 0 Å². The molecule has 0 aliphatic rings. The fraction of sp³-hybridized carbons (Fsp3) is 0.286. The van der Waals surface area contributed by atoms with Gasteiger partial charge in [0.2, 0.25) is 0 Å². The first-order chi connectivity index (χ1) is 7.19. The van der Waals surface area contributed by atoms with Crippen LogP contribution in [-0.4, -0.2) is 7.11 Å². The summed E-state index contributed by atoms with van der Waals surface area (Å²) in [6.45, 7) is 8.13. The predicted molar refractivity (Wildman–Crippen MR) is 65.7 cm³/mol. The van der Waals surface area contributed by atoms with Crippen LogP contribution in [0.2, 0.25) is 0 Å². The molecular formula is C14H18O. The second-order valence-corrected chi connectivity index (χ2v) is 3.50. The molecule has 0 spiro atoms. The Morgan fingerprint density at radius 2 is 2.07 bits per heavy atom. The Morgan fingerprint density at radius 1 is 1.40 bits per heavy atom. The van der Waals surface area contributed by atoms with E-state index in [9.17, 15) is 0 Å². The highest BCUT2D eigenvalue weighted by atomic mass is 16.5. The van der Waals surface area contributed by atoms with E-state index in [0.717, 1.165) is 17.4 Å². The van der Waals surface area contributed by atoms with Crippen LogP contribution in [-0.2, 0) is 4.74 Å². The number of hydrogen-bond acceptors (Lipinski definition) is 1. The number of rotatable bonds is 3. The minimum Gasteiger partial charge on any atom is -0.501 e. The van der Waals surface area contributed by atoms with Crippen LogP contribution in [0.1, 0.15) is 20.3 Å². The Bertz CT molecular complexity index is 454. The zero-order valence-corrected chi connectivity index (χ0v) is 9.71. The van der Waals surface area contributed by atoms with E-state index in [1.54, 1.807) is 7.11 Å². The highest BCUT2D eigenvalue weighted by molar-refractivity contribution is 5.57. The SMILES string of the molecule is C=c1cccc/c1=C(/C=C(\C)OC)CC. The van der Waals surface area contributed by atoms with Gasteiger partial charge in [0.05, 0.1) is 12.9 Å². The largest absolute Gasteiger partial charge is 0.501 e. The Balaban J connectivity index is 3.39. The smallest absolute Gasteiger partial charge is 0.0927 e. The molecule has 0 amide bonds. The molecule has 0 unspecified atom stereocenters. The monoisotopic (exact) mass is 202 g/mol. The van der Waals surface area contributed by atoms with E-state index in [1.807, 2.05) is 25.1 Å². The van der Waals surface area contributed by atoms with Crippen molar-refractivity contribution in [2.24, 2.45) is 0 Å². The van der Waals surface area contributed by atoms with Gasteiger partial charge in [-0.2, -0.15) is 0 Å². The van der Waals surface area contributed by atoms with E-state index in [1.165, 1.54) is 10.8 Å². The number of allylic oxidation sites excluding steroid dienone is 2. The van der Waals surface area contributed by atoms with Gasteiger partial charge in [0, 0.05) is 0 Å². The number of methoxy groups -OCH3 is 1. The van der Waals surface area contributed by atoms with Gasteiger partial charge in [-0.05, 0) is 35.4 Å². The molecule has 1 aromatic rings. The third-order valence-corrected chi connectivity index (χ3v) is 2.44. The van der Waals surface area contributed by atoms with Crippen molar-refractivity contribution in [2.75, 3.05) is 7.11 Å². The molecule has 0 atom stereocenters. The average molecular weight is 202 g/mol. The highest BCUT2D eigenvalue weighted by Crippen LogP contribution is 2.05. The molecule has 0 radical (unpaired) electrons. The Hall–Kier alpha value is -1.50. The van der Waals surface area contributed by atoms with Crippen molar-refractivity contribution < 1.29 is 4.74 Å². The minimum absolute atomic E-state index is 0.926. The normalized spacial score (nSPS) is 13.7. The summed E-state index contributed by atoms with van der Waals surface area (Å²) in [7, 11) is 1.69. The number of benzene rings is 1. The van der Waals surface area contributed by atoms with Crippen LogP contribution in [0, 0.1) is 0 Å². The van der Waals surface area contributed by atoms with Crippen molar-refractivity contribution in [1.29, 1.82) is 0 Å². The zero-order chi connectivity index (χ0) is 11.3. The lowest BCUT2D eigenvalue weighted by Crippen LogP contribution is -2.24. The molecule has 0 N–H and O–H groups in total. The third-order valence-electron chi connectivity index (χ3n) is 2.44. The zero-order valence-electron chi connectivity index (χ0n) is 9.71. The number of hydrogen-bond donors (Lipinski definition) is 0. The first kappa shape index (κ1) is 11.6. The van der Waals surface area contributed by atoms with Crippen LogP contribution < -0.4 is 10.4 Å². The van der Waals surface area contributed by atoms with Crippen molar-refractivity contribution in [3.8, 4) is 0 Å². The summed E-state index contributed by atoms with van der Waals surface area (Å²) >= 11 is 0. The summed E-state index contributed by atoms with van der Waals surface area (Å²) in [5.41, 5.74) is 1.26. The van der Waals surface area contributed by atoms with Crippen LogP contribution in [0.15, 0.2) is 36.1 Å². The Morgan fingerprint density at radius 3 is 2.60 bits per heavy atom. The van der Waals surface area contributed by atoms with Crippen molar-refractivity contribution in [3.05, 3.63) is 46.5 Å². The molecule has 0 saturated carbocycles. The lowest BCUT2D eigenvalue weighted by molar-refractivity contribution is 0.294. The standard InChI is InChI=1S/C14H18O/c1-5-13(10-12(3)15-4)14-9-7-6-8-11(14)2/h6-10H,2,5H2,1,3-4H3/b12-10+,14-13-. The van der Waals surface area contributed by atoms with E-state index in [4.69, 9.17) is 4.74 Å². The summed E-state index contributed by atoms with van der Waals surface area (Å²) in [5, 5.41) is 2.27. The van der Waals surface area contributed by atoms with E-state index in [2.05, 4.69) is 25.6 Å². The van der Waals surface area contributed by atoms with Gasteiger partial charge in [-0.3, -0.25) is 0 Å². The van der Waals surface area contributed by atoms with E-state index >= 15 is 0 Å². The van der Waals surface area contributed by atoms with Gasteiger partial charge in [-0.25, -0.2) is 0 Å². The second-order valence-electron chi connectivity index (χ2n) is 3.50. The fourth-order valence-corrected chi connectivity index (χ4v) is 1.51. The van der Waals surface area contributed by atoms with Gasteiger partial charge in [0.15, 0.2) is 0 Å². The Kier molecular flexibility index (Phi) is 4.17. The van der Waals surface area contributed by atoms with Crippen molar-refractivity contribution in [2.45, 2.75) is 20.3 Å². The molecule has 1 heteroatoms. The summed E-state index contributed by atoms with van der Waals surface area (Å²) in [5.74, 6) is 0.926. The molecule has 1 nitrogen and oxygen atoms in total. The molecule has 1 aromatic carbocycles. The van der Waals surface area contributed by atoms with Crippen LogP contribution >= 0.6 is 0 Å². The maximum absolute atomic E-state index is 5.16. The van der Waals surface area contributed by atoms with Crippen molar-refractivity contribution in [1.82, 2.24) is 0 Å². The van der Waals surface area contributed by atoms with Crippen LogP contribution in [0.3, 0.4) is 0 Å². The predicted octanol–water partition coefficient (Wildman–Crippen LogP) is 2.21. The quantitative estimate of drug-likeness (QED) is 0.683. The number of ether oxygens (including phenoxy) is 1. The molecule has 0 aliphatic heterocycles. The van der Waals surface area contributed by atoms with Gasteiger partial charge >= 0.3 is 0 Å². The first-order valence-electron chi connectivity index (χ1n) is 5.18. The van der Waals surface area contributed by atoms with Gasteiger partial charge in [0.1, 0.15) is 0 Å². The van der Waals surface area contributed by atoms with Crippen LogP contribution in [0.25, 0.3) is 12.2 Å². The van der Waals surface area contributed by atoms with Crippen LogP contribution in [0.5, 0.6) is 0 Å². The van der Waals surface area contributed by atoms with Gasteiger partial charge < -0.3 is 4.74 Å². The summed E-state index contributed by atoms with van der Waals surface area (Å²) in [4.78, 5) is 0. The maximum Gasteiger partial charge on any atom is 0.0927 e. The lowest BCUT2D eigenvalue weighted by atomic mass is 10.1. The molecule has 1 rings (SSSR count). The Labute approximate surface area is 91.4 Å². The molecule has 0 aliphatic carbocycles. The van der Waals surface area contributed by atoms with Crippen LogP contribution in [0.4, 0.5) is 0 Å². The van der Waals surface area contributed by atoms with Gasteiger partial charge in [-0.15, -0.1) is 0 Å².